The number of nitrogens with zero attached hydrogens (tertiary/aromatic N) is 2. The number of aromatic nitrogens is 2. The third kappa shape index (κ3) is 2.16. The van der Waals surface area contributed by atoms with Gasteiger partial charge in [-0.3, -0.25) is 9.89 Å². The van der Waals surface area contributed by atoms with Crippen LogP contribution in [-0.4, -0.2) is 16.1 Å². The summed E-state index contributed by atoms with van der Waals surface area (Å²) < 4.78 is 19.8. The molecule has 0 aliphatic carbocycles. The van der Waals surface area contributed by atoms with E-state index >= 15 is 0 Å². The Kier molecular flexibility index (Phi) is 3.79. The van der Waals surface area contributed by atoms with Crippen LogP contribution in [0.2, 0.25) is 0 Å². The van der Waals surface area contributed by atoms with E-state index in [0.29, 0.717) is 32.5 Å². The molecule has 1 atom stereocenters. The fourth-order valence-corrected chi connectivity index (χ4v) is 4.78. The Labute approximate surface area is 178 Å². The van der Waals surface area contributed by atoms with E-state index in [4.69, 9.17) is 10.5 Å². The summed E-state index contributed by atoms with van der Waals surface area (Å²) in [7, 11) is 0. The molecule has 1 spiro atoms. The summed E-state index contributed by atoms with van der Waals surface area (Å²) in [6, 6.07) is 11.4. The maximum atomic E-state index is 13.6. The highest BCUT2D eigenvalue weighted by atomic mass is 79.9. The smallest absolute Gasteiger partial charge is 0.245 e. The minimum absolute atomic E-state index is 0.0395. The fraction of sp³-hybridized carbons (Fsp3) is 0.0952. The first-order valence-corrected chi connectivity index (χ1v) is 9.72. The molecule has 2 aliphatic rings. The maximum Gasteiger partial charge on any atom is 0.245 e. The highest BCUT2D eigenvalue weighted by Gasteiger charge is 2.59. The second kappa shape index (κ2) is 6.18. The second-order valence-corrected chi connectivity index (χ2v) is 7.85. The summed E-state index contributed by atoms with van der Waals surface area (Å²) in [5, 5.41) is 19.9. The fourth-order valence-electron chi connectivity index (χ4n) is 4.13. The van der Waals surface area contributed by atoms with Gasteiger partial charge in [-0.15, -0.1) is 5.10 Å². The van der Waals surface area contributed by atoms with E-state index in [1.165, 1.54) is 12.1 Å². The number of ether oxygens (including phenoxy) is 1. The molecule has 2 aromatic carbocycles. The molecule has 5 rings (SSSR count). The van der Waals surface area contributed by atoms with Crippen molar-refractivity contribution in [1.82, 2.24) is 10.2 Å². The number of benzene rings is 2. The van der Waals surface area contributed by atoms with Crippen LogP contribution in [0.3, 0.4) is 0 Å². The van der Waals surface area contributed by atoms with E-state index in [2.05, 4.69) is 37.5 Å². The molecule has 9 heteroatoms. The molecule has 0 bridgehead atoms. The molecule has 0 fully saturated rings. The average molecular weight is 466 g/mol. The first-order chi connectivity index (χ1) is 14.4. The van der Waals surface area contributed by atoms with Crippen LogP contribution in [0.15, 0.2) is 52.3 Å². The van der Waals surface area contributed by atoms with Gasteiger partial charge in [0.05, 0.1) is 11.3 Å². The largest absolute Gasteiger partial charge is 0.420 e. The van der Waals surface area contributed by atoms with Crippen LogP contribution in [0.5, 0.6) is 5.88 Å². The lowest BCUT2D eigenvalue weighted by molar-refractivity contribution is -0.118. The Bertz CT molecular complexity index is 1320. The number of nitrogens with one attached hydrogen (secondary N) is 2. The molecule has 7 nitrogen and oxygen atoms in total. The molecule has 2 aliphatic heterocycles. The van der Waals surface area contributed by atoms with Crippen LogP contribution in [-0.2, 0) is 10.2 Å². The Morgan fingerprint density at radius 3 is 2.67 bits per heavy atom. The number of halogens is 2. The maximum absolute atomic E-state index is 13.6. The van der Waals surface area contributed by atoms with E-state index in [1.54, 1.807) is 18.2 Å². The molecule has 148 valence electrons. The first kappa shape index (κ1) is 18.4. The molecule has 1 aromatic heterocycles. The van der Waals surface area contributed by atoms with Crippen molar-refractivity contribution in [2.24, 2.45) is 5.73 Å². The lowest BCUT2D eigenvalue weighted by Gasteiger charge is -2.32. The molecule has 0 saturated heterocycles. The van der Waals surface area contributed by atoms with Crippen molar-refractivity contribution < 1.29 is 13.9 Å². The number of amides is 1. The average Bonchev–Trinajstić information content (AvgIpc) is 3.26. The normalized spacial score (nSPS) is 19.2. The Morgan fingerprint density at radius 2 is 1.97 bits per heavy atom. The Balaban J connectivity index is 1.93. The zero-order valence-corrected chi connectivity index (χ0v) is 17.1. The van der Waals surface area contributed by atoms with E-state index < -0.39 is 17.1 Å². The van der Waals surface area contributed by atoms with Gasteiger partial charge >= 0.3 is 0 Å². The second-order valence-electron chi connectivity index (χ2n) is 7.06. The molecule has 4 N–H and O–H groups in total. The van der Waals surface area contributed by atoms with E-state index in [1.807, 2.05) is 13.0 Å². The molecular weight excluding hydrogens is 453 g/mol. The van der Waals surface area contributed by atoms with Gasteiger partial charge in [-0.25, -0.2) is 4.39 Å². The van der Waals surface area contributed by atoms with Crippen molar-refractivity contribution in [1.29, 1.82) is 5.26 Å². The zero-order chi connectivity index (χ0) is 21.2. The summed E-state index contributed by atoms with van der Waals surface area (Å²) >= 11 is 3.59. The van der Waals surface area contributed by atoms with Gasteiger partial charge in [-0.1, -0.05) is 22.0 Å². The monoisotopic (exact) mass is 465 g/mol. The van der Waals surface area contributed by atoms with Gasteiger partial charge in [0.1, 0.15) is 22.9 Å². The minimum Gasteiger partial charge on any atom is -0.420 e. The van der Waals surface area contributed by atoms with E-state index in [-0.39, 0.29) is 17.3 Å². The number of hydrogen-bond acceptors (Lipinski definition) is 5. The molecule has 0 radical (unpaired) electrons. The number of hydrogen-bond donors (Lipinski definition) is 3. The van der Waals surface area contributed by atoms with Gasteiger partial charge in [-0.2, -0.15) is 5.26 Å². The van der Waals surface area contributed by atoms with E-state index in [0.717, 1.165) is 5.56 Å². The van der Waals surface area contributed by atoms with Crippen molar-refractivity contribution in [3.8, 4) is 23.2 Å². The topological polar surface area (TPSA) is 117 Å². The van der Waals surface area contributed by atoms with Crippen LogP contribution in [0.4, 0.5) is 10.1 Å². The predicted molar refractivity (Wildman–Crippen MR) is 110 cm³/mol. The standard InChI is InChI=1S/C21H13BrFN5O2/c1-9-2-7-13-14(16(9)22)21(20(29)26-13)12(8-24)18(25)30-19-15(21)17(27-28-19)10-3-5-11(23)6-4-10/h2-7H,25H2,1H3,(H,26,29)(H,27,28). The third-order valence-corrected chi connectivity index (χ3v) is 6.50. The van der Waals surface area contributed by atoms with Gasteiger partial charge in [-0.05, 0) is 42.8 Å². The van der Waals surface area contributed by atoms with Gasteiger partial charge in [0.15, 0.2) is 0 Å². The number of rotatable bonds is 1. The summed E-state index contributed by atoms with van der Waals surface area (Å²) in [5.74, 6) is -0.958. The van der Waals surface area contributed by atoms with Crippen LogP contribution >= 0.6 is 15.9 Å². The number of H-pyrrole nitrogens is 1. The van der Waals surface area contributed by atoms with Crippen LogP contribution in [0.25, 0.3) is 11.3 Å². The van der Waals surface area contributed by atoms with Crippen LogP contribution in [0, 0.1) is 24.1 Å². The highest BCUT2D eigenvalue weighted by molar-refractivity contribution is 9.10. The molecular formula is C21H13BrFN5O2. The summed E-state index contributed by atoms with van der Waals surface area (Å²) in [6.07, 6.45) is 0. The number of nitrogens with two attached hydrogens (primary N) is 1. The number of nitriles is 1. The summed E-state index contributed by atoms with van der Waals surface area (Å²) in [4.78, 5) is 13.6. The Morgan fingerprint density at radius 1 is 1.23 bits per heavy atom. The Hall–Kier alpha value is -3.64. The number of carbonyl (C=O) groups is 1. The van der Waals surface area contributed by atoms with Gasteiger partial charge in [0.2, 0.25) is 17.7 Å². The molecule has 0 saturated carbocycles. The summed E-state index contributed by atoms with van der Waals surface area (Å²) in [5.41, 5.74) is 7.80. The van der Waals surface area contributed by atoms with Crippen molar-refractivity contribution in [2.75, 3.05) is 5.32 Å². The number of carbonyl (C=O) groups excluding carboxylic acids is 1. The molecule has 3 aromatic rings. The van der Waals surface area contributed by atoms with Crippen molar-refractivity contribution >= 4 is 27.5 Å². The number of anilines is 1. The van der Waals surface area contributed by atoms with Gasteiger partial charge in [0, 0.05) is 21.3 Å². The van der Waals surface area contributed by atoms with E-state index in [9.17, 15) is 14.4 Å². The van der Waals surface area contributed by atoms with Crippen molar-refractivity contribution in [3.63, 3.8) is 0 Å². The third-order valence-electron chi connectivity index (χ3n) is 5.48. The minimum atomic E-state index is -1.58. The SMILES string of the molecule is Cc1ccc2c(c1Br)C1(C(=O)N2)C(C#N)=C(N)Oc2n[nH]c(-c3ccc(F)cc3)c21. The lowest BCUT2D eigenvalue weighted by Crippen LogP contribution is -2.42. The number of aromatic amines is 1. The van der Waals surface area contributed by atoms with Crippen molar-refractivity contribution in [3.05, 3.63) is 74.8 Å². The van der Waals surface area contributed by atoms with Gasteiger partial charge in [0.25, 0.3) is 0 Å². The zero-order valence-electron chi connectivity index (χ0n) is 15.5. The van der Waals surface area contributed by atoms with Crippen LogP contribution < -0.4 is 15.8 Å². The predicted octanol–water partition coefficient (Wildman–Crippen LogP) is 3.61. The lowest BCUT2D eigenvalue weighted by atomic mass is 9.68. The molecule has 1 unspecified atom stereocenters. The van der Waals surface area contributed by atoms with Crippen molar-refractivity contribution in [2.45, 2.75) is 12.3 Å². The highest BCUT2D eigenvalue weighted by Crippen LogP contribution is 2.57. The molecule has 30 heavy (non-hydrogen) atoms. The quantitative estimate of drug-likeness (QED) is 0.507. The first-order valence-electron chi connectivity index (χ1n) is 8.93. The molecule has 1 amide bonds. The van der Waals surface area contributed by atoms with Crippen LogP contribution in [0.1, 0.15) is 16.7 Å². The number of fused-ring (bicyclic) bond motifs is 4. The van der Waals surface area contributed by atoms with Gasteiger partial charge < -0.3 is 15.8 Å². The number of aryl methyl sites for hydroxylation is 1. The molecule has 3 heterocycles. The summed E-state index contributed by atoms with van der Waals surface area (Å²) in [6.45, 7) is 1.89.